The Hall–Kier alpha value is -1.30. The molecule has 1 atom stereocenters. The lowest BCUT2D eigenvalue weighted by Crippen LogP contribution is -2.37. The Labute approximate surface area is 115 Å². The highest BCUT2D eigenvalue weighted by Gasteiger charge is 2.26. The summed E-state index contributed by atoms with van der Waals surface area (Å²) in [6.07, 6.45) is -1.23. The molecule has 0 bridgehead atoms. The molecular formula is C10H22O10. The van der Waals surface area contributed by atoms with Crippen LogP contribution in [0, 0.1) is 5.41 Å². The van der Waals surface area contributed by atoms with Gasteiger partial charge in [0.2, 0.25) is 0 Å². The molecular weight excluding hydrogens is 280 g/mol. The average Bonchev–Trinajstić information content (AvgIpc) is 2.43. The summed E-state index contributed by atoms with van der Waals surface area (Å²) >= 11 is 0. The Morgan fingerprint density at radius 3 is 1.10 bits per heavy atom. The van der Waals surface area contributed by atoms with E-state index in [4.69, 9.17) is 45.6 Å². The molecule has 20 heavy (non-hydrogen) atoms. The third-order valence-corrected chi connectivity index (χ3v) is 1.83. The highest BCUT2D eigenvalue weighted by Crippen LogP contribution is 2.11. The summed E-state index contributed by atoms with van der Waals surface area (Å²) in [4.78, 5) is 18.6. The van der Waals surface area contributed by atoms with Gasteiger partial charge >= 0.3 is 11.9 Å². The quantitative estimate of drug-likeness (QED) is 0.243. The SMILES string of the molecule is CC(O)C(=O)O.O=C(O)CO.OCC(CO)(CO)CO. The molecule has 10 nitrogen and oxygen atoms in total. The van der Waals surface area contributed by atoms with Gasteiger partial charge in [0.15, 0.2) is 0 Å². The summed E-state index contributed by atoms with van der Waals surface area (Å²) in [7, 11) is 0. The van der Waals surface area contributed by atoms with Crippen molar-refractivity contribution in [3.8, 4) is 0 Å². The smallest absolute Gasteiger partial charge is 0.332 e. The Morgan fingerprint density at radius 2 is 1.10 bits per heavy atom. The molecule has 0 aromatic heterocycles. The van der Waals surface area contributed by atoms with Crippen molar-refractivity contribution >= 4 is 11.9 Å². The van der Waals surface area contributed by atoms with Gasteiger partial charge in [0.05, 0.1) is 31.8 Å². The zero-order chi connectivity index (χ0) is 16.8. The molecule has 10 heteroatoms. The second-order valence-electron chi connectivity index (χ2n) is 3.70. The van der Waals surface area contributed by atoms with Gasteiger partial charge in [-0.15, -0.1) is 0 Å². The predicted octanol–water partition coefficient (Wildman–Crippen LogP) is -3.54. The van der Waals surface area contributed by atoms with Crippen LogP contribution in [-0.2, 0) is 9.59 Å². The summed E-state index contributed by atoms with van der Waals surface area (Å²) in [5.41, 5.74) is -1.11. The maximum Gasteiger partial charge on any atom is 0.332 e. The van der Waals surface area contributed by atoms with E-state index in [1.165, 1.54) is 6.92 Å². The fraction of sp³-hybridized carbons (Fsp3) is 0.800. The molecule has 0 spiro atoms. The second kappa shape index (κ2) is 14.1. The van der Waals surface area contributed by atoms with Crippen molar-refractivity contribution in [2.45, 2.75) is 13.0 Å². The van der Waals surface area contributed by atoms with Crippen LogP contribution in [0.25, 0.3) is 0 Å². The zero-order valence-electron chi connectivity index (χ0n) is 11.0. The minimum Gasteiger partial charge on any atom is -0.480 e. The molecule has 122 valence electrons. The third-order valence-electron chi connectivity index (χ3n) is 1.83. The first-order chi connectivity index (χ1) is 9.16. The molecule has 1 unspecified atom stereocenters. The monoisotopic (exact) mass is 302 g/mol. The Balaban J connectivity index is -0.000000230. The van der Waals surface area contributed by atoms with Crippen LogP contribution in [0.2, 0.25) is 0 Å². The van der Waals surface area contributed by atoms with Crippen LogP contribution in [0.3, 0.4) is 0 Å². The third kappa shape index (κ3) is 14.8. The molecule has 0 fully saturated rings. The van der Waals surface area contributed by atoms with Crippen molar-refractivity contribution in [2.75, 3.05) is 33.0 Å². The lowest BCUT2D eigenvalue weighted by Gasteiger charge is -2.23. The van der Waals surface area contributed by atoms with Gasteiger partial charge in [0.25, 0.3) is 0 Å². The highest BCUT2D eigenvalue weighted by molar-refractivity contribution is 5.71. The first-order valence-corrected chi connectivity index (χ1v) is 5.33. The molecule has 0 saturated heterocycles. The van der Waals surface area contributed by atoms with Crippen LogP contribution in [0.5, 0.6) is 0 Å². The van der Waals surface area contributed by atoms with Gasteiger partial charge < -0.3 is 40.9 Å². The van der Waals surface area contributed by atoms with E-state index in [2.05, 4.69) is 0 Å². The van der Waals surface area contributed by atoms with E-state index in [1.807, 2.05) is 0 Å². The number of aliphatic hydroxyl groups excluding tert-OH is 6. The fourth-order valence-corrected chi connectivity index (χ4v) is 0.300. The van der Waals surface area contributed by atoms with Crippen molar-refractivity contribution in [3.63, 3.8) is 0 Å². The maximum atomic E-state index is 9.45. The number of hydrogen-bond acceptors (Lipinski definition) is 8. The van der Waals surface area contributed by atoms with Gasteiger partial charge in [0.1, 0.15) is 12.7 Å². The summed E-state index contributed by atoms with van der Waals surface area (Å²) < 4.78 is 0. The summed E-state index contributed by atoms with van der Waals surface area (Å²) in [6.45, 7) is -1.21. The minimum absolute atomic E-state index is 0.406. The largest absolute Gasteiger partial charge is 0.480 e. The van der Waals surface area contributed by atoms with Crippen LogP contribution < -0.4 is 0 Å². The molecule has 0 aliphatic heterocycles. The predicted molar refractivity (Wildman–Crippen MR) is 64.8 cm³/mol. The molecule has 0 heterocycles. The number of carboxylic acid groups (broad SMARTS) is 2. The number of hydrogen-bond donors (Lipinski definition) is 8. The molecule has 0 aromatic carbocycles. The van der Waals surface area contributed by atoms with E-state index < -0.39 is 56.5 Å². The first-order valence-electron chi connectivity index (χ1n) is 5.33. The van der Waals surface area contributed by atoms with Crippen molar-refractivity contribution in [1.29, 1.82) is 0 Å². The van der Waals surface area contributed by atoms with Crippen LogP contribution in [-0.4, -0.2) is 91.9 Å². The van der Waals surface area contributed by atoms with Crippen molar-refractivity contribution in [1.82, 2.24) is 0 Å². The lowest BCUT2D eigenvalue weighted by atomic mass is 9.93. The van der Waals surface area contributed by atoms with Gasteiger partial charge in [-0.1, -0.05) is 0 Å². The second-order valence-corrected chi connectivity index (χ2v) is 3.70. The van der Waals surface area contributed by atoms with Crippen molar-refractivity contribution < 1.29 is 50.4 Å². The molecule has 0 saturated carbocycles. The van der Waals surface area contributed by atoms with Crippen LogP contribution in [0.1, 0.15) is 6.92 Å². The average molecular weight is 302 g/mol. The standard InChI is InChI=1S/C5H12O4.C3H6O3.C2H4O3/c6-1-5(2-7,3-8)4-9;1-2(4)3(5)6;3-1-2(4)5/h6-9H,1-4H2;2,4H,1H3,(H,5,6);3H,1H2,(H,4,5). The van der Waals surface area contributed by atoms with E-state index >= 15 is 0 Å². The fourth-order valence-electron chi connectivity index (χ4n) is 0.300. The van der Waals surface area contributed by atoms with Gasteiger partial charge in [-0.2, -0.15) is 0 Å². The first kappa shape index (κ1) is 23.8. The van der Waals surface area contributed by atoms with E-state index in [9.17, 15) is 4.79 Å². The molecule has 0 aromatic rings. The van der Waals surface area contributed by atoms with E-state index in [1.54, 1.807) is 0 Å². The van der Waals surface area contributed by atoms with E-state index in [-0.39, 0.29) is 0 Å². The molecule has 0 aliphatic carbocycles. The Kier molecular flexibility index (Phi) is 16.8. The van der Waals surface area contributed by atoms with E-state index in [0.29, 0.717) is 0 Å². The number of aliphatic carboxylic acids is 2. The van der Waals surface area contributed by atoms with Gasteiger partial charge in [-0.25, -0.2) is 9.59 Å². The molecule has 0 aliphatic rings. The van der Waals surface area contributed by atoms with Crippen molar-refractivity contribution in [2.24, 2.45) is 5.41 Å². The lowest BCUT2D eigenvalue weighted by molar-refractivity contribution is -0.145. The summed E-state index contributed by atoms with van der Waals surface area (Å²) in [5, 5.41) is 64.8. The minimum atomic E-state index is -1.23. The maximum absolute atomic E-state index is 9.45. The number of carbonyl (C=O) groups is 2. The topological polar surface area (TPSA) is 196 Å². The molecule has 8 N–H and O–H groups in total. The normalized spacial score (nSPS) is 11.3. The molecule has 0 rings (SSSR count). The van der Waals surface area contributed by atoms with Gasteiger partial charge in [-0.05, 0) is 6.92 Å². The summed E-state index contributed by atoms with van der Waals surface area (Å²) in [5.74, 6) is -2.37. The zero-order valence-corrected chi connectivity index (χ0v) is 11.0. The van der Waals surface area contributed by atoms with Gasteiger partial charge in [0, 0.05) is 0 Å². The Morgan fingerprint density at radius 1 is 0.900 bits per heavy atom. The molecule has 0 radical (unpaired) electrons. The van der Waals surface area contributed by atoms with Crippen LogP contribution in [0.15, 0.2) is 0 Å². The van der Waals surface area contributed by atoms with Gasteiger partial charge in [-0.3, -0.25) is 0 Å². The highest BCUT2D eigenvalue weighted by atomic mass is 16.4. The number of rotatable bonds is 6. The molecule has 0 amide bonds. The van der Waals surface area contributed by atoms with E-state index in [0.717, 1.165) is 0 Å². The Bertz CT molecular complexity index is 231. The van der Waals surface area contributed by atoms with Crippen LogP contribution in [0.4, 0.5) is 0 Å². The number of carboxylic acids is 2. The summed E-state index contributed by atoms with van der Waals surface area (Å²) in [6, 6.07) is 0. The van der Waals surface area contributed by atoms with Crippen LogP contribution >= 0.6 is 0 Å². The van der Waals surface area contributed by atoms with Crippen molar-refractivity contribution in [3.05, 3.63) is 0 Å². The number of aliphatic hydroxyl groups is 6.